The number of alkyl halides is 3. The predicted molar refractivity (Wildman–Crippen MR) is 104 cm³/mol. The van der Waals surface area contributed by atoms with Gasteiger partial charge in [-0.1, -0.05) is 23.2 Å². The van der Waals surface area contributed by atoms with Crippen molar-refractivity contribution >= 4 is 34.9 Å². The van der Waals surface area contributed by atoms with Gasteiger partial charge in [0.1, 0.15) is 11.5 Å². The molecule has 0 aliphatic rings. The molecule has 0 amide bonds. The van der Waals surface area contributed by atoms with Gasteiger partial charge in [0.15, 0.2) is 6.10 Å². The number of hydrogen-bond acceptors (Lipinski definition) is 5. The summed E-state index contributed by atoms with van der Waals surface area (Å²) < 4.78 is 53.6. The summed E-state index contributed by atoms with van der Waals surface area (Å²) in [4.78, 5) is 11.3. The van der Waals surface area contributed by atoms with Crippen molar-refractivity contribution in [3.8, 4) is 11.5 Å². The van der Waals surface area contributed by atoms with E-state index in [9.17, 15) is 18.0 Å². The Hall–Kier alpha value is -2.16. The predicted octanol–water partition coefficient (Wildman–Crippen LogP) is 5.79. The number of carbonyl (C=O) groups excluding carboxylic acids is 1. The standard InChI is InChI=1S/C19H18Cl2F3NO4/c1-11(18(26)27-2)28-8-7-25-16-10-13(4-5-14(16)20)29-17-6-3-12(9-15(17)21)19(22,23)24/h3-6,9-11,25H,7-8H2,1-2H3. The zero-order chi connectivity index (χ0) is 21.6. The molecule has 158 valence electrons. The fourth-order valence-electron chi connectivity index (χ4n) is 2.25. The highest BCUT2D eigenvalue weighted by Crippen LogP contribution is 2.37. The van der Waals surface area contributed by atoms with Crippen molar-refractivity contribution in [3.05, 3.63) is 52.0 Å². The molecule has 0 aliphatic carbocycles. The second-order valence-corrected chi connectivity index (χ2v) is 6.66. The molecule has 0 saturated carbocycles. The van der Waals surface area contributed by atoms with E-state index in [1.165, 1.54) is 7.11 Å². The minimum atomic E-state index is -4.49. The molecule has 2 aromatic rings. The molecule has 0 radical (unpaired) electrons. The zero-order valence-electron chi connectivity index (χ0n) is 15.5. The van der Waals surface area contributed by atoms with Crippen LogP contribution in [0, 0.1) is 0 Å². The van der Waals surface area contributed by atoms with E-state index in [2.05, 4.69) is 10.1 Å². The van der Waals surface area contributed by atoms with Crippen molar-refractivity contribution in [1.82, 2.24) is 0 Å². The Morgan fingerprint density at radius 1 is 1.14 bits per heavy atom. The van der Waals surface area contributed by atoms with Crippen LogP contribution < -0.4 is 10.1 Å². The molecule has 0 aromatic heterocycles. The van der Waals surface area contributed by atoms with Crippen LogP contribution in [0.2, 0.25) is 10.0 Å². The highest BCUT2D eigenvalue weighted by Gasteiger charge is 2.31. The van der Waals surface area contributed by atoms with Crippen molar-refractivity contribution in [2.24, 2.45) is 0 Å². The third kappa shape index (κ3) is 6.69. The topological polar surface area (TPSA) is 56.8 Å². The maximum atomic E-state index is 12.7. The van der Waals surface area contributed by atoms with Gasteiger partial charge in [0.2, 0.25) is 0 Å². The van der Waals surface area contributed by atoms with Crippen LogP contribution in [0.3, 0.4) is 0 Å². The lowest BCUT2D eigenvalue weighted by molar-refractivity contribution is -0.152. The summed E-state index contributed by atoms with van der Waals surface area (Å²) >= 11 is 12.0. The average molecular weight is 452 g/mol. The Morgan fingerprint density at radius 3 is 2.48 bits per heavy atom. The van der Waals surface area contributed by atoms with Gasteiger partial charge >= 0.3 is 12.1 Å². The number of esters is 1. The lowest BCUT2D eigenvalue weighted by Crippen LogP contribution is -2.24. The van der Waals surface area contributed by atoms with Gasteiger partial charge in [-0.15, -0.1) is 0 Å². The second-order valence-electron chi connectivity index (χ2n) is 5.85. The number of benzene rings is 2. The van der Waals surface area contributed by atoms with Crippen LogP contribution in [0.25, 0.3) is 0 Å². The van der Waals surface area contributed by atoms with Crippen LogP contribution >= 0.6 is 23.2 Å². The van der Waals surface area contributed by atoms with Gasteiger partial charge in [-0.25, -0.2) is 4.79 Å². The molecule has 1 N–H and O–H groups in total. The normalized spacial score (nSPS) is 12.4. The first-order valence-corrected chi connectivity index (χ1v) is 9.15. The van der Waals surface area contributed by atoms with Crippen molar-refractivity contribution in [3.63, 3.8) is 0 Å². The number of ether oxygens (including phenoxy) is 3. The minimum absolute atomic E-state index is 0.0724. The van der Waals surface area contributed by atoms with Crippen LogP contribution in [0.4, 0.5) is 18.9 Å². The van der Waals surface area contributed by atoms with Gasteiger partial charge in [0.25, 0.3) is 0 Å². The monoisotopic (exact) mass is 451 g/mol. The van der Waals surface area contributed by atoms with E-state index in [0.717, 1.165) is 18.2 Å². The molecule has 2 aromatic carbocycles. The van der Waals surface area contributed by atoms with Crippen molar-refractivity contribution < 1.29 is 32.2 Å². The Labute approximate surface area is 175 Å². The smallest absolute Gasteiger partial charge is 0.416 e. The molecule has 0 heterocycles. The lowest BCUT2D eigenvalue weighted by atomic mass is 10.2. The van der Waals surface area contributed by atoms with Crippen LogP contribution in [-0.4, -0.2) is 32.3 Å². The SMILES string of the molecule is COC(=O)C(C)OCCNc1cc(Oc2ccc(C(F)(F)F)cc2Cl)ccc1Cl. The van der Waals surface area contributed by atoms with Gasteiger partial charge < -0.3 is 19.5 Å². The summed E-state index contributed by atoms with van der Waals surface area (Å²) in [6.07, 6.45) is -5.19. The summed E-state index contributed by atoms with van der Waals surface area (Å²) in [7, 11) is 1.27. The first-order valence-electron chi connectivity index (χ1n) is 8.39. The molecule has 0 spiro atoms. The van der Waals surface area contributed by atoms with Crippen molar-refractivity contribution in [1.29, 1.82) is 0 Å². The highest BCUT2D eigenvalue weighted by atomic mass is 35.5. The molecule has 0 fully saturated rings. The number of hydrogen-bond donors (Lipinski definition) is 1. The molecule has 1 atom stereocenters. The van der Waals surface area contributed by atoms with E-state index in [-0.39, 0.29) is 17.4 Å². The zero-order valence-corrected chi connectivity index (χ0v) is 17.0. The van der Waals surface area contributed by atoms with Crippen molar-refractivity contribution in [2.75, 3.05) is 25.6 Å². The summed E-state index contributed by atoms with van der Waals surface area (Å²) in [6, 6.07) is 7.52. The summed E-state index contributed by atoms with van der Waals surface area (Å²) in [5, 5.41) is 3.25. The third-order valence-corrected chi connectivity index (χ3v) is 4.37. The third-order valence-electron chi connectivity index (χ3n) is 3.74. The molecular weight excluding hydrogens is 434 g/mol. The number of carbonyl (C=O) groups is 1. The van der Waals surface area contributed by atoms with Crippen LogP contribution in [0.15, 0.2) is 36.4 Å². The fourth-order valence-corrected chi connectivity index (χ4v) is 2.65. The summed E-state index contributed by atoms with van der Waals surface area (Å²) in [6.45, 7) is 2.12. The van der Waals surface area contributed by atoms with Crippen LogP contribution in [0.5, 0.6) is 11.5 Å². The molecule has 0 saturated heterocycles. The van der Waals surface area contributed by atoms with E-state index < -0.39 is 23.8 Å². The minimum Gasteiger partial charge on any atom is -0.467 e. The quantitative estimate of drug-likeness (QED) is 0.406. The Morgan fingerprint density at radius 2 is 1.86 bits per heavy atom. The molecule has 2 rings (SSSR count). The van der Waals surface area contributed by atoms with Gasteiger partial charge in [-0.3, -0.25) is 0 Å². The number of methoxy groups -OCH3 is 1. The summed E-state index contributed by atoms with van der Waals surface area (Å²) in [5.41, 5.74) is -0.351. The Kier molecular flexibility index (Phi) is 8.01. The molecule has 10 heteroatoms. The largest absolute Gasteiger partial charge is 0.467 e. The number of anilines is 1. The van der Waals surface area contributed by atoms with Gasteiger partial charge in [0, 0.05) is 12.6 Å². The Balaban J connectivity index is 2.01. The van der Waals surface area contributed by atoms with E-state index in [1.807, 2.05) is 0 Å². The van der Waals surface area contributed by atoms with E-state index in [0.29, 0.717) is 23.0 Å². The average Bonchev–Trinajstić information content (AvgIpc) is 2.67. The molecule has 29 heavy (non-hydrogen) atoms. The van der Waals surface area contributed by atoms with E-state index in [4.69, 9.17) is 32.7 Å². The van der Waals surface area contributed by atoms with Gasteiger partial charge in [-0.2, -0.15) is 13.2 Å². The summed E-state index contributed by atoms with van der Waals surface area (Å²) in [5.74, 6) is -0.0857. The van der Waals surface area contributed by atoms with Crippen LogP contribution in [-0.2, 0) is 20.4 Å². The molecular formula is C19H18Cl2F3NO4. The van der Waals surface area contributed by atoms with Gasteiger partial charge in [0.05, 0.1) is 35.0 Å². The molecule has 5 nitrogen and oxygen atoms in total. The van der Waals surface area contributed by atoms with Crippen molar-refractivity contribution in [2.45, 2.75) is 19.2 Å². The fraction of sp³-hybridized carbons (Fsp3) is 0.316. The number of halogens is 5. The van der Waals surface area contributed by atoms with E-state index in [1.54, 1.807) is 25.1 Å². The van der Waals surface area contributed by atoms with Gasteiger partial charge in [-0.05, 0) is 37.3 Å². The molecule has 0 aliphatic heterocycles. The number of nitrogens with one attached hydrogen (secondary N) is 1. The number of rotatable bonds is 8. The van der Waals surface area contributed by atoms with E-state index >= 15 is 0 Å². The highest BCUT2D eigenvalue weighted by molar-refractivity contribution is 6.33. The first kappa shape index (κ1) is 23.1. The maximum Gasteiger partial charge on any atom is 0.416 e. The van der Waals surface area contributed by atoms with Crippen LogP contribution in [0.1, 0.15) is 12.5 Å². The first-order chi connectivity index (χ1) is 13.6. The second kappa shape index (κ2) is 10.0. The molecule has 0 bridgehead atoms. The Bertz CT molecular complexity index is 862. The molecule has 1 unspecified atom stereocenters. The lowest BCUT2D eigenvalue weighted by Gasteiger charge is -2.14. The maximum absolute atomic E-state index is 12.7.